The average Bonchev–Trinajstić information content (AvgIpc) is 3.64. The molecule has 0 N–H and O–H groups in total. The third-order valence-electron chi connectivity index (χ3n) is 10.3. The van der Waals surface area contributed by atoms with Crippen LogP contribution in [0.5, 0.6) is 0 Å². The van der Waals surface area contributed by atoms with E-state index in [4.69, 9.17) is 30.5 Å². The summed E-state index contributed by atoms with van der Waals surface area (Å²) >= 11 is 5.85. The molecule has 1 aliphatic heterocycles. The maximum Gasteiger partial charge on any atom is 0.269 e. The van der Waals surface area contributed by atoms with Crippen LogP contribution in [0.25, 0.3) is 21.9 Å². The Bertz CT molecular complexity index is 1650. The van der Waals surface area contributed by atoms with Crippen molar-refractivity contribution in [1.29, 1.82) is 0 Å². The van der Waals surface area contributed by atoms with Crippen molar-refractivity contribution in [2.24, 2.45) is 0 Å². The molecule has 1 aliphatic rings. The van der Waals surface area contributed by atoms with E-state index in [2.05, 4.69) is 133 Å². The summed E-state index contributed by atoms with van der Waals surface area (Å²) in [6.07, 6.45) is 3.47. The van der Waals surface area contributed by atoms with Gasteiger partial charge >= 0.3 is 0 Å². The first-order valence-corrected chi connectivity index (χ1v) is 22.5. The van der Waals surface area contributed by atoms with Gasteiger partial charge in [0.15, 0.2) is 22.7 Å². The molecule has 4 atom stereocenters. The Morgan fingerprint density at radius 2 is 1.48 bits per heavy atom. The molecule has 1 aromatic heterocycles. The summed E-state index contributed by atoms with van der Waals surface area (Å²) < 4.78 is 29.7. The Morgan fingerprint density at radius 1 is 0.826 bits per heavy atom. The van der Waals surface area contributed by atoms with E-state index in [1.807, 2.05) is 6.07 Å². The molecule has 5 rings (SSSR count). The van der Waals surface area contributed by atoms with Gasteiger partial charge in [-0.1, -0.05) is 108 Å². The topological polar surface area (TPSA) is 54.7 Å². The van der Waals surface area contributed by atoms with Gasteiger partial charge in [-0.3, -0.25) is 4.57 Å². The van der Waals surface area contributed by atoms with E-state index in [1.165, 1.54) is 11.1 Å². The fraction of sp³-hybridized carbons (Fsp3) is 0.459. The molecule has 4 aromatic rings. The van der Waals surface area contributed by atoms with E-state index in [0.29, 0.717) is 11.8 Å². The van der Waals surface area contributed by atoms with Crippen LogP contribution < -0.4 is 0 Å². The van der Waals surface area contributed by atoms with E-state index in [1.54, 1.807) is 23.3 Å². The van der Waals surface area contributed by atoms with Gasteiger partial charge in [0.05, 0.1) is 6.61 Å². The van der Waals surface area contributed by atoms with Crippen LogP contribution in [0.3, 0.4) is 0 Å². The lowest BCUT2D eigenvalue weighted by Crippen LogP contribution is -2.51. The van der Waals surface area contributed by atoms with Gasteiger partial charge < -0.3 is 18.3 Å². The van der Waals surface area contributed by atoms with Crippen LogP contribution in [-0.2, 0) is 18.3 Å². The molecule has 3 aromatic carbocycles. The van der Waals surface area contributed by atoms with Crippen LogP contribution in [0, 0.1) is 0 Å². The number of nitrogens with zero attached hydrogens (tertiary/aromatic N) is 2. The summed E-state index contributed by atoms with van der Waals surface area (Å²) in [5, 5.41) is 2.64. The highest BCUT2D eigenvalue weighted by Crippen LogP contribution is 2.46. The van der Waals surface area contributed by atoms with Gasteiger partial charge in [0, 0.05) is 12.4 Å². The number of thiocarbonyl (C=S) groups is 1. The molecular weight excluding hydrogens is 625 g/mol. The zero-order valence-corrected chi connectivity index (χ0v) is 31.9. The molecule has 0 unspecified atom stereocenters. The van der Waals surface area contributed by atoms with Gasteiger partial charge in [0.1, 0.15) is 24.6 Å². The highest BCUT2D eigenvalue weighted by molar-refractivity contribution is 7.80. The fourth-order valence-corrected chi connectivity index (χ4v) is 7.96. The fourth-order valence-electron chi connectivity index (χ4n) is 5.40. The molecule has 0 aliphatic carbocycles. The largest absolute Gasteiger partial charge is 0.461 e. The summed E-state index contributed by atoms with van der Waals surface area (Å²) in [6, 6.07) is 23.4. The van der Waals surface area contributed by atoms with Crippen LogP contribution in [-0.4, -0.2) is 56.3 Å². The maximum atomic E-state index is 7.25. The second-order valence-electron chi connectivity index (χ2n) is 15.4. The smallest absolute Gasteiger partial charge is 0.269 e. The van der Waals surface area contributed by atoms with Gasteiger partial charge in [0.25, 0.3) is 5.17 Å². The number of rotatable bonds is 8. The molecule has 0 bridgehead atoms. The van der Waals surface area contributed by atoms with Crippen molar-refractivity contribution in [2.45, 2.75) is 102 Å². The Balaban J connectivity index is 1.63. The summed E-state index contributed by atoms with van der Waals surface area (Å²) in [4.78, 5) is 4.20. The third kappa shape index (κ3) is 7.10. The third-order valence-corrected chi connectivity index (χ3v) is 19.5. The first-order chi connectivity index (χ1) is 21.5. The van der Waals surface area contributed by atoms with E-state index in [-0.39, 0.29) is 16.2 Å². The van der Waals surface area contributed by atoms with Crippen molar-refractivity contribution in [3.63, 3.8) is 0 Å². The number of aromatic nitrogens is 2. The van der Waals surface area contributed by atoms with Crippen molar-refractivity contribution in [3.05, 3.63) is 91.0 Å². The van der Waals surface area contributed by atoms with Gasteiger partial charge in [-0.15, -0.1) is 0 Å². The molecule has 1 fully saturated rings. The molecule has 246 valence electrons. The van der Waals surface area contributed by atoms with Crippen LogP contribution >= 0.6 is 12.2 Å². The van der Waals surface area contributed by atoms with Crippen LogP contribution in [0.1, 0.15) is 53.2 Å². The predicted molar refractivity (Wildman–Crippen MR) is 197 cm³/mol. The lowest BCUT2D eigenvalue weighted by molar-refractivity contribution is -0.0168. The Kier molecular flexibility index (Phi) is 9.86. The molecule has 1 saturated heterocycles. The summed E-state index contributed by atoms with van der Waals surface area (Å²) in [6.45, 7) is 23.1. The highest BCUT2D eigenvalue weighted by atomic mass is 32.1. The van der Waals surface area contributed by atoms with Gasteiger partial charge in [-0.2, -0.15) is 0 Å². The molecular formula is C37H50N2O4SSi2. The minimum absolute atomic E-state index is 0.0185. The molecule has 0 amide bonds. The van der Waals surface area contributed by atoms with E-state index in [0.717, 1.165) is 16.3 Å². The van der Waals surface area contributed by atoms with Crippen molar-refractivity contribution in [3.8, 4) is 11.1 Å². The number of hydrogen-bond acceptors (Lipinski definition) is 6. The quantitative estimate of drug-likeness (QED) is 0.137. The van der Waals surface area contributed by atoms with Gasteiger partial charge in [0.2, 0.25) is 0 Å². The first kappa shape index (κ1) is 34.7. The van der Waals surface area contributed by atoms with Crippen molar-refractivity contribution in [2.75, 3.05) is 6.61 Å². The van der Waals surface area contributed by atoms with Crippen molar-refractivity contribution in [1.82, 2.24) is 9.55 Å². The van der Waals surface area contributed by atoms with Crippen molar-refractivity contribution < 1.29 is 18.3 Å². The number of fused-ring (bicyclic) bond motifs is 1. The monoisotopic (exact) mass is 674 g/mol. The van der Waals surface area contributed by atoms with Crippen LogP contribution in [0.4, 0.5) is 0 Å². The molecule has 0 saturated carbocycles. The standard InChI is InChI=1S/C37H50N2O4SSi2/c1-36(2,3)45(7,8)40-24-31-33(43-46(9,10)37(4,5)6)34(42-35(44)39-23-22-38-25-39)32(41-31)30-21-15-19-28-27(18-14-20-29(28)30)26-16-12-11-13-17-26/h11-23,25,31-34H,24H2,1-10H3/t31-,32+,33-,34-/m1/s1. The highest BCUT2D eigenvalue weighted by Gasteiger charge is 2.53. The molecule has 0 radical (unpaired) electrons. The Morgan fingerprint density at radius 3 is 2.11 bits per heavy atom. The maximum absolute atomic E-state index is 7.25. The summed E-state index contributed by atoms with van der Waals surface area (Å²) in [5.41, 5.74) is 3.40. The lowest BCUT2D eigenvalue weighted by atomic mass is 9.92. The van der Waals surface area contributed by atoms with Crippen LogP contribution in [0.15, 0.2) is 85.5 Å². The Hall–Kier alpha value is -2.67. The van der Waals surface area contributed by atoms with E-state index in [9.17, 15) is 0 Å². The minimum Gasteiger partial charge on any atom is -0.461 e. The van der Waals surface area contributed by atoms with Gasteiger partial charge in [-0.05, 0) is 75.9 Å². The molecule has 6 nitrogen and oxygen atoms in total. The normalized spacial score (nSPS) is 21.1. The minimum atomic E-state index is -2.29. The van der Waals surface area contributed by atoms with E-state index >= 15 is 0 Å². The van der Waals surface area contributed by atoms with Gasteiger partial charge in [-0.25, -0.2) is 4.98 Å². The zero-order chi connectivity index (χ0) is 33.5. The van der Waals surface area contributed by atoms with Crippen LogP contribution in [0.2, 0.25) is 36.3 Å². The lowest BCUT2D eigenvalue weighted by Gasteiger charge is -2.41. The summed E-state index contributed by atoms with van der Waals surface area (Å²) in [5.74, 6) is 0. The average molecular weight is 675 g/mol. The zero-order valence-electron chi connectivity index (χ0n) is 29.0. The second-order valence-corrected chi connectivity index (χ2v) is 25.4. The number of ether oxygens (including phenoxy) is 2. The van der Waals surface area contributed by atoms with E-state index < -0.39 is 34.9 Å². The summed E-state index contributed by atoms with van der Waals surface area (Å²) in [7, 11) is -4.37. The molecule has 46 heavy (non-hydrogen) atoms. The Labute approximate surface area is 282 Å². The molecule has 9 heteroatoms. The molecule has 0 spiro atoms. The second kappa shape index (κ2) is 13.1. The number of hydrogen-bond donors (Lipinski definition) is 0. The number of benzene rings is 3. The first-order valence-electron chi connectivity index (χ1n) is 16.2. The SMILES string of the molecule is CC(C)(C)[Si](C)(C)OC[C@H]1O[C@@H](c2cccc3c(-c4ccccc4)cccc23)[C@@H](OC(=S)n2ccnc2)[C@@H]1O[Si](C)(C)C(C)(C)C. The van der Waals surface area contributed by atoms with Crippen molar-refractivity contribution >= 4 is 44.8 Å². The predicted octanol–water partition coefficient (Wildman–Crippen LogP) is 9.77. The number of imidazole rings is 1. The molecule has 2 heterocycles.